The van der Waals surface area contributed by atoms with Gasteiger partial charge in [-0.2, -0.15) is 0 Å². The van der Waals surface area contributed by atoms with Crippen LogP contribution in [-0.2, 0) is 4.79 Å². The molecular weight excluding hydrogens is 522 g/mol. The van der Waals surface area contributed by atoms with Gasteiger partial charge in [-0.15, -0.1) is 11.3 Å². The molecule has 0 saturated carbocycles. The third kappa shape index (κ3) is 5.35. The van der Waals surface area contributed by atoms with Gasteiger partial charge >= 0.3 is 6.03 Å². The molecule has 7 nitrogen and oxygen atoms in total. The van der Waals surface area contributed by atoms with E-state index >= 15 is 0 Å². The predicted octanol–water partition coefficient (Wildman–Crippen LogP) is 6.33. The van der Waals surface area contributed by atoms with Crippen molar-refractivity contribution in [2.24, 2.45) is 11.7 Å². The summed E-state index contributed by atoms with van der Waals surface area (Å²) in [6.45, 7) is 5.64. The summed E-state index contributed by atoms with van der Waals surface area (Å²) in [5.74, 6) is -1.66. The number of rotatable bonds is 7. The standard InChI is InChI=1S/C32H31N3O4S/c1-19-8-7-11-23(18-19)34-32(38)35-24(14-13-22-9-5-4-6-10-22)26(29(36)25-15-12-21(3)39-25)27(28(35)31(33)37)30-20(2)16-17-40-30/h4-18,24,26-28H,1-3H3,(H2,33,37)(H,34,38). The molecule has 1 aliphatic rings. The molecule has 0 radical (unpaired) electrons. The highest BCUT2D eigenvalue weighted by Gasteiger charge is 2.57. The number of hydrogen-bond acceptors (Lipinski definition) is 5. The van der Waals surface area contributed by atoms with E-state index in [1.54, 1.807) is 25.1 Å². The number of nitrogens with two attached hydrogens (primary N) is 1. The first-order valence-electron chi connectivity index (χ1n) is 13.1. The number of carbonyl (C=O) groups excluding carboxylic acids is 3. The van der Waals surface area contributed by atoms with Crippen molar-refractivity contribution in [3.05, 3.63) is 117 Å². The van der Waals surface area contributed by atoms with Gasteiger partial charge in [0.2, 0.25) is 11.7 Å². The summed E-state index contributed by atoms with van der Waals surface area (Å²) in [6.07, 6.45) is 3.69. The van der Waals surface area contributed by atoms with Crippen molar-refractivity contribution >= 4 is 40.8 Å². The summed E-state index contributed by atoms with van der Waals surface area (Å²) in [5, 5.41) is 4.86. The number of nitrogens with zero attached hydrogens (tertiary/aromatic N) is 1. The number of anilines is 1. The molecule has 0 bridgehead atoms. The molecule has 3 amide bonds. The molecule has 2 aromatic heterocycles. The monoisotopic (exact) mass is 553 g/mol. The van der Waals surface area contributed by atoms with E-state index in [4.69, 9.17) is 10.2 Å². The third-order valence-corrected chi connectivity index (χ3v) is 8.41. The normalized spacial score (nSPS) is 20.6. The molecule has 1 fully saturated rings. The number of hydrogen-bond donors (Lipinski definition) is 2. The van der Waals surface area contributed by atoms with Crippen LogP contribution in [0.2, 0.25) is 0 Å². The lowest BCUT2D eigenvalue weighted by molar-refractivity contribution is -0.122. The fraction of sp³-hybridized carbons (Fsp3) is 0.219. The number of Topliss-reactive ketones (excluding diaryl/α,β-unsaturated/α-hetero) is 1. The molecule has 1 aliphatic heterocycles. The van der Waals surface area contributed by atoms with Gasteiger partial charge in [-0.3, -0.25) is 9.59 Å². The Labute approximate surface area is 237 Å². The number of nitrogens with one attached hydrogen (secondary N) is 1. The first-order valence-corrected chi connectivity index (χ1v) is 14.0. The number of carbonyl (C=O) groups is 3. The summed E-state index contributed by atoms with van der Waals surface area (Å²) >= 11 is 1.45. The highest BCUT2D eigenvalue weighted by atomic mass is 32.1. The first-order chi connectivity index (χ1) is 19.2. The summed E-state index contributed by atoms with van der Waals surface area (Å²) < 4.78 is 5.76. The van der Waals surface area contributed by atoms with Gasteiger partial charge in [0, 0.05) is 16.5 Å². The smallest absolute Gasteiger partial charge is 0.323 e. The van der Waals surface area contributed by atoms with Crippen LogP contribution in [0.5, 0.6) is 0 Å². The highest BCUT2D eigenvalue weighted by molar-refractivity contribution is 7.10. The van der Waals surface area contributed by atoms with Crippen molar-refractivity contribution in [3.63, 3.8) is 0 Å². The van der Waals surface area contributed by atoms with Gasteiger partial charge in [-0.25, -0.2) is 4.79 Å². The number of thiophene rings is 1. The number of urea groups is 1. The SMILES string of the molecule is Cc1cccc(NC(=O)N2C(C=Cc3ccccc3)C(C(=O)c3ccc(C)o3)C(c3sccc3C)C2C(N)=O)c1. The van der Waals surface area contributed by atoms with E-state index in [9.17, 15) is 14.4 Å². The molecule has 4 aromatic rings. The maximum Gasteiger partial charge on any atom is 0.323 e. The van der Waals surface area contributed by atoms with Crippen LogP contribution in [0, 0.1) is 26.7 Å². The lowest BCUT2D eigenvalue weighted by Gasteiger charge is -2.29. The zero-order chi connectivity index (χ0) is 28.4. The Balaban J connectivity index is 1.67. The second kappa shape index (κ2) is 11.4. The quantitative estimate of drug-likeness (QED) is 0.261. The number of benzene rings is 2. The molecule has 3 N–H and O–H groups in total. The van der Waals surface area contributed by atoms with Crippen molar-refractivity contribution in [1.29, 1.82) is 0 Å². The van der Waals surface area contributed by atoms with E-state index in [1.807, 2.05) is 86.0 Å². The van der Waals surface area contributed by atoms with Gasteiger partial charge < -0.3 is 20.4 Å². The Morgan fingerprint density at radius 1 is 0.975 bits per heavy atom. The number of ketones is 1. The third-order valence-electron chi connectivity index (χ3n) is 7.29. The average molecular weight is 554 g/mol. The fourth-order valence-electron chi connectivity index (χ4n) is 5.50. The molecular formula is C32H31N3O4S. The first kappa shape index (κ1) is 27.1. The predicted molar refractivity (Wildman–Crippen MR) is 157 cm³/mol. The zero-order valence-corrected chi connectivity index (χ0v) is 23.4. The summed E-state index contributed by atoms with van der Waals surface area (Å²) in [5.41, 5.74) is 9.43. The molecule has 1 saturated heterocycles. The average Bonchev–Trinajstić information content (AvgIpc) is 3.64. The summed E-state index contributed by atoms with van der Waals surface area (Å²) in [4.78, 5) is 43.7. The molecule has 4 unspecified atom stereocenters. The van der Waals surface area contributed by atoms with Gasteiger partial charge in [0.15, 0.2) is 5.76 Å². The van der Waals surface area contributed by atoms with Crippen molar-refractivity contribution in [1.82, 2.24) is 4.90 Å². The Morgan fingerprint density at radius 3 is 2.38 bits per heavy atom. The molecule has 8 heteroatoms. The Bertz CT molecular complexity index is 1570. The van der Waals surface area contributed by atoms with Crippen molar-refractivity contribution < 1.29 is 18.8 Å². The van der Waals surface area contributed by atoms with Crippen LogP contribution in [0.25, 0.3) is 6.08 Å². The zero-order valence-electron chi connectivity index (χ0n) is 22.5. The van der Waals surface area contributed by atoms with E-state index in [-0.39, 0.29) is 11.5 Å². The van der Waals surface area contributed by atoms with E-state index in [2.05, 4.69) is 5.32 Å². The second-order valence-electron chi connectivity index (χ2n) is 10.1. The summed E-state index contributed by atoms with van der Waals surface area (Å²) in [6, 6.07) is 20.0. The molecule has 0 spiro atoms. The number of aryl methyl sites for hydroxylation is 3. The maximum absolute atomic E-state index is 14.2. The number of amides is 3. The van der Waals surface area contributed by atoms with Crippen LogP contribution in [0.15, 0.2) is 88.7 Å². The molecule has 2 aromatic carbocycles. The van der Waals surface area contributed by atoms with Crippen molar-refractivity contribution in [2.75, 3.05) is 5.32 Å². The Kier molecular flexibility index (Phi) is 7.71. The van der Waals surface area contributed by atoms with Gasteiger partial charge in [0.1, 0.15) is 11.8 Å². The van der Waals surface area contributed by atoms with Crippen molar-refractivity contribution in [2.45, 2.75) is 38.8 Å². The highest BCUT2D eigenvalue weighted by Crippen LogP contribution is 2.47. The van der Waals surface area contributed by atoms with E-state index in [1.165, 1.54) is 16.2 Å². The molecule has 0 aliphatic carbocycles. The molecule has 5 rings (SSSR count). The molecule has 4 atom stereocenters. The van der Waals surface area contributed by atoms with E-state index < -0.39 is 35.9 Å². The fourth-order valence-corrected chi connectivity index (χ4v) is 6.60. The second-order valence-corrected chi connectivity index (χ2v) is 11.1. The minimum atomic E-state index is -1.07. The van der Waals surface area contributed by atoms with Crippen LogP contribution >= 0.6 is 11.3 Å². The van der Waals surface area contributed by atoms with Crippen LogP contribution in [0.4, 0.5) is 10.5 Å². The number of furan rings is 1. The number of primary amides is 1. The van der Waals surface area contributed by atoms with Crippen LogP contribution in [0.1, 0.15) is 43.8 Å². The Hall–Kier alpha value is -4.43. The molecule has 40 heavy (non-hydrogen) atoms. The Morgan fingerprint density at radius 2 is 1.75 bits per heavy atom. The van der Waals surface area contributed by atoms with E-state index in [0.717, 1.165) is 21.6 Å². The van der Waals surface area contributed by atoms with Crippen LogP contribution in [0.3, 0.4) is 0 Å². The molecule has 3 heterocycles. The topological polar surface area (TPSA) is 106 Å². The van der Waals surface area contributed by atoms with Gasteiger partial charge in [-0.1, -0.05) is 54.6 Å². The van der Waals surface area contributed by atoms with E-state index in [0.29, 0.717) is 11.4 Å². The maximum atomic E-state index is 14.2. The number of likely N-dealkylation sites (tertiary alicyclic amines) is 1. The summed E-state index contributed by atoms with van der Waals surface area (Å²) in [7, 11) is 0. The largest absolute Gasteiger partial charge is 0.458 e. The van der Waals surface area contributed by atoms with Gasteiger partial charge in [-0.05, 0) is 73.2 Å². The van der Waals surface area contributed by atoms with Crippen LogP contribution in [-0.4, -0.2) is 34.7 Å². The van der Waals surface area contributed by atoms with Gasteiger partial charge in [0.25, 0.3) is 0 Å². The van der Waals surface area contributed by atoms with Crippen LogP contribution < -0.4 is 11.1 Å². The van der Waals surface area contributed by atoms with Gasteiger partial charge in [0.05, 0.1) is 12.0 Å². The minimum absolute atomic E-state index is 0.184. The van der Waals surface area contributed by atoms with Crippen molar-refractivity contribution in [3.8, 4) is 0 Å². The molecule has 204 valence electrons. The minimum Gasteiger partial charge on any atom is -0.458 e. The lowest BCUT2D eigenvalue weighted by Crippen LogP contribution is -2.50. The lowest BCUT2D eigenvalue weighted by atomic mass is 9.80.